The quantitative estimate of drug-likeness (QED) is 0.770. The molecular weight excluding hydrogens is 369 g/mol. The van der Waals surface area contributed by atoms with E-state index in [-0.39, 0.29) is 17.9 Å². The predicted octanol–water partition coefficient (Wildman–Crippen LogP) is 4.63. The highest BCUT2D eigenvalue weighted by atomic mass is 19.1. The van der Waals surface area contributed by atoms with Gasteiger partial charge in [0.15, 0.2) is 5.82 Å². The van der Waals surface area contributed by atoms with Crippen molar-refractivity contribution in [3.63, 3.8) is 0 Å². The Morgan fingerprint density at radius 1 is 1.28 bits per heavy atom. The Balaban J connectivity index is 1.43. The molecule has 0 radical (unpaired) electrons. The summed E-state index contributed by atoms with van der Waals surface area (Å²) in [5.41, 5.74) is 1.94. The number of nitrogens with zero attached hydrogens (tertiary/aromatic N) is 3. The number of likely N-dealkylation sites (tertiary alicyclic amines) is 1. The molecule has 2 aliphatic rings. The van der Waals surface area contributed by atoms with Gasteiger partial charge in [0.1, 0.15) is 5.82 Å². The van der Waals surface area contributed by atoms with E-state index < -0.39 is 6.67 Å². The minimum absolute atomic E-state index is 0.141. The zero-order valence-corrected chi connectivity index (χ0v) is 17.0. The summed E-state index contributed by atoms with van der Waals surface area (Å²) in [6.07, 6.45) is 6.88. The van der Waals surface area contributed by atoms with E-state index in [4.69, 9.17) is 4.98 Å². The van der Waals surface area contributed by atoms with Gasteiger partial charge in [-0.3, -0.25) is 9.49 Å². The van der Waals surface area contributed by atoms with Gasteiger partial charge in [0, 0.05) is 36.5 Å². The smallest absolute Gasteiger partial charge is 0.321 e. The number of amides is 2. The highest BCUT2D eigenvalue weighted by Gasteiger charge is 2.38. The van der Waals surface area contributed by atoms with Gasteiger partial charge in [-0.1, -0.05) is 38.3 Å². The van der Waals surface area contributed by atoms with Gasteiger partial charge < -0.3 is 10.2 Å². The van der Waals surface area contributed by atoms with Gasteiger partial charge in [0.25, 0.3) is 0 Å². The van der Waals surface area contributed by atoms with Crippen LogP contribution in [0, 0.1) is 5.92 Å². The van der Waals surface area contributed by atoms with Crippen molar-refractivity contribution >= 4 is 11.7 Å². The number of aryl methyl sites for hydroxylation is 1. The molecule has 2 N–H and O–H groups in total. The van der Waals surface area contributed by atoms with Gasteiger partial charge >= 0.3 is 6.03 Å². The molecule has 0 spiro atoms. The number of aromatic nitrogens is 3. The summed E-state index contributed by atoms with van der Waals surface area (Å²) < 4.78 is 13.7. The van der Waals surface area contributed by atoms with Gasteiger partial charge in [-0.05, 0) is 37.0 Å². The summed E-state index contributed by atoms with van der Waals surface area (Å²) in [5, 5.41) is 10.4. The molecule has 1 saturated heterocycles. The first-order valence-electron chi connectivity index (χ1n) is 10.8. The second-order valence-corrected chi connectivity index (χ2v) is 8.32. The molecule has 1 saturated carbocycles. The minimum Gasteiger partial charge on any atom is -0.323 e. The highest BCUT2D eigenvalue weighted by molar-refractivity contribution is 5.89. The van der Waals surface area contributed by atoms with Crippen LogP contribution in [0.5, 0.6) is 0 Å². The molecule has 2 atom stereocenters. The lowest BCUT2D eigenvalue weighted by molar-refractivity contribution is 0.219. The van der Waals surface area contributed by atoms with E-state index in [1.165, 1.54) is 24.8 Å². The predicted molar refractivity (Wildman–Crippen MR) is 111 cm³/mol. The fourth-order valence-corrected chi connectivity index (χ4v) is 4.57. The number of hydrogen-bond donors (Lipinski definition) is 2. The minimum atomic E-state index is -0.473. The topological polar surface area (TPSA) is 73.9 Å². The van der Waals surface area contributed by atoms with Crippen molar-refractivity contribution in [2.24, 2.45) is 5.92 Å². The molecular formula is C22H30FN5O. The number of aromatic amines is 1. The molecule has 156 valence electrons. The molecule has 1 aliphatic carbocycles. The van der Waals surface area contributed by atoms with Crippen molar-refractivity contribution in [3.05, 3.63) is 41.5 Å². The number of halogens is 1. The van der Waals surface area contributed by atoms with Crippen LogP contribution in [-0.4, -0.2) is 45.9 Å². The van der Waals surface area contributed by atoms with E-state index in [0.717, 1.165) is 36.6 Å². The van der Waals surface area contributed by atoms with E-state index in [9.17, 15) is 9.18 Å². The summed E-state index contributed by atoms with van der Waals surface area (Å²) in [5.74, 6) is 1.59. The van der Waals surface area contributed by atoms with Crippen LogP contribution in [-0.2, 0) is 6.42 Å². The first-order valence-corrected chi connectivity index (χ1v) is 10.8. The van der Waals surface area contributed by atoms with Crippen LogP contribution in [0.4, 0.5) is 14.9 Å². The van der Waals surface area contributed by atoms with Gasteiger partial charge in [-0.15, -0.1) is 0 Å². The van der Waals surface area contributed by atoms with Crippen molar-refractivity contribution in [1.82, 2.24) is 20.1 Å². The first-order chi connectivity index (χ1) is 14.2. The second kappa shape index (κ2) is 8.93. The van der Waals surface area contributed by atoms with Crippen molar-refractivity contribution in [1.29, 1.82) is 0 Å². The summed E-state index contributed by atoms with van der Waals surface area (Å²) in [6.45, 7) is 2.45. The third-order valence-corrected chi connectivity index (χ3v) is 6.35. The molecule has 1 aromatic heterocycles. The normalized spacial score (nSPS) is 22.8. The maximum absolute atomic E-state index is 13.7. The molecule has 6 nitrogen and oxygen atoms in total. The van der Waals surface area contributed by atoms with Crippen molar-refractivity contribution in [3.8, 4) is 0 Å². The summed E-state index contributed by atoms with van der Waals surface area (Å²) >= 11 is 0. The molecule has 2 aromatic rings. The van der Waals surface area contributed by atoms with Gasteiger partial charge in [-0.2, -0.15) is 5.10 Å². The van der Waals surface area contributed by atoms with Crippen molar-refractivity contribution < 1.29 is 9.18 Å². The third-order valence-electron chi connectivity index (χ3n) is 6.35. The Labute approximate surface area is 171 Å². The number of carbonyl (C=O) groups is 1. The monoisotopic (exact) mass is 399 g/mol. The lowest BCUT2D eigenvalue weighted by atomic mass is 9.89. The third kappa shape index (κ3) is 4.43. The zero-order chi connectivity index (χ0) is 20.2. The standard InChI is InChI=1S/C22H30FN5O/c1-2-15-7-6-10-18(11-15)24-22(29)28-13-17(12-23)19(14-28)21-25-20(26-27-21)16-8-4-3-5-9-16/h6-7,10-11,16-17,19H,2-5,8-9,12-14H2,1H3,(H,24,29)(H,25,26,27). The van der Waals surface area contributed by atoms with Crippen LogP contribution in [0.15, 0.2) is 24.3 Å². The number of hydrogen-bond acceptors (Lipinski definition) is 3. The maximum atomic E-state index is 13.7. The number of urea groups is 1. The lowest BCUT2D eigenvalue weighted by Crippen LogP contribution is -2.33. The molecule has 2 unspecified atom stereocenters. The van der Waals surface area contributed by atoms with E-state index in [1.54, 1.807) is 4.90 Å². The summed E-state index contributed by atoms with van der Waals surface area (Å²) in [4.78, 5) is 19.2. The lowest BCUT2D eigenvalue weighted by Gasteiger charge is -2.18. The number of anilines is 1. The SMILES string of the molecule is CCc1cccc(NC(=O)N2CC(CF)C(c3nc(C4CCCCC4)n[nH]3)C2)c1. The average Bonchev–Trinajstić information content (AvgIpc) is 3.41. The summed E-state index contributed by atoms with van der Waals surface area (Å²) in [6, 6.07) is 7.64. The van der Waals surface area contributed by atoms with Crippen LogP contribution in [0.1, 0.15) is 68.1 Å². The Bertz CT molecular complexity index is 832. The van der Waals surface area contributed by atoms with Crippen LogP contribution in [0.2, 0.25) is 0 Å². The van der Waals surface area contributed by atoms with E-state index in [1.807, 2.05) is 24.3 Å². The summed E-state index contributed by atoms with van der Waals surface area (Å²) in [7, 11) is 0. The van der Waals surface area contributed by atoms with E-state index in [2.05, 4.69) is 22.4 Å². The fourth-order valence-electron chi connectivity index (χ4n) is 4.57. The average molecular weight is 400 g/mol. The van der Waals surface area contributed by atoms with Crippen LogP contribution < -0.4 is 5.32 Å². The molecule has 7 heteroatoms. The zero-order valence-electron chi connectivity index (χ0n) is 17.0. The van der Waals surface area contributed by atoms with Crippen molar-refractivity contribution in [2.45, 2.75) is 57.3 Å². The van der Waals surface area contributed by atoms with Crippen molar-refractivity contribution in [2.75, 3.05) is 25.1 Å². The number of rotatable bonds is 5. The molecule has 2 heterocycles. The highest BCUT2D eigenvalue weighted by Crippen LogP contribution is 2.34. The van der Waals surface area contributed by atoms with Gasteiger partial charge in [0.2, 0.25) is 0 Å². The molecule has 1 aliphatic heterocycles. The first kappa shape index (κ1) is 19.9. The number of carbonyl (C=O) groups excluding carboxylic acids is 1. The van der Waals surface area contributed by atoms with Crippen LogP contribution >= 0.6 is 0 Å². The Hall–Kier alpha value is -2.44. The Kier molecular flexibility index (Phi) is 6.11. The van der Waals surface area contributed by atoms with Gasteiger partial charge in [0.05, 0.1) is 6.67 Å². The van der Waals surface area contributed by atoms with Gasteiger partial charge in [-0.25, -0.2) is 9.78 Å². The molecule has 0 bridgehead atoms. The molecule has 2 amide bonds. The Morgan fingerprint density at radius 2 is 2.10 bits per heavy atom. The van der Waals surface area contributed by atoms with E-state index >= 15 is 0 Å². The number of H-pyrrole nitrogens is 1. The number of alkyl halides is 1. The number of benzene rings is 1. The number of nitrogens with one attached hydrogen (secondary N) is 2. The largest absolute Gasteiger partial charge is 0.323 e. The van der Waals surface area contributed by atoms with Crippen LogP contribution in [0.3, 0.4) is 0 Å². The maximum Gasteiger partial charge on any atom is 0.321 e. The molecule has 2 fully saturated rings. The van der Waals surface area contributed by atoms with E-state index in [0.29, 0.717) is 19.0 Å². The molecule has 4 rings (SSSR count). The molecule has 29 heavy (non-hydrogen) atoms. The second-order valence-electron chi connectivity index (χ2n) is 8.32. The fraction of sp³-hybridized carbons (Fsp3) is 0.591. The Morgan fingerprint density at radius 3 is 2.86 bits per heavy atom. The van der Waals surface area contributed by atoms with Crippen LogP contribution in [0.25, 0.3) is 0 Å². The molecule has 1 aromatic carbocycles.